The molecule has 0 saturated heterocycles. The molecule has 16 heavy (non-hydrogen) atoms. The van der Waals surface area contributed by atoms with E-state index in [4.69, 9.17) is 20.9 Å². The maximum absolute atomic E-state index is 7.45. The standard InChI is InChI=1S/C13H19N2.Ni/c1-5-10(4)13-11(8-14)7-12(15-13)6-9(2)3;/h5,8-10,14-15H,1,6H2,2-4H3;. The second-order valence-corrected chi connectivity index (χ2v) is 4.97. The Morgan fingerprint density at radius 3 is 2.50 bits per heavy atom. The van der Waals surface area contributed by atoms with Crippen molar-refractivity contribution in [2.24, 2.45) is 5.92 Å². The van der Waals surface area contributed by atoms with Crippen LogP contribution in [-0.2, 0) is 21.9 Å². The third kappa shape index (κ3) is 2.65. The summed E-state index contributed by atoms with van der Waals surface area (Å²) in [4.78, 5) is 3.37. The zero-order valence-electron chi connectivity index (χ0n) is 10.0. The molecule has 0 fully saturated rings. The number of H-pyrrole nitrogens is 1. The van der Waals surface area contributed by atoms with E-state index in [0.717, 1.165) is 27.9 Å². The van der Waals surface area contributed by atoms with Crippen molar-refractivity contribution in [1.29, 1.82) is 5.41 Å². The van der Waals surface area contributed by atoms with Crippen LogP contribution in [0.2, 0.25) is 0 Å². The van der Waals surface area contributed by atoms with Gasteiger partial charge in [-0.1, -0.05) is 0 Å². The van der Waals surface area contributed by atoms with Crippen molar-refractivity contribution < 1.29 is 15.5 Å². The first-order chi connectivity index (χ1) is 7.51. The molecule has 0 spiro atoms. The quantitative estimate of drug-likeness (QED) is 0.465. The van der Waals surface area contributed by atoms with Gasteiger partial charge < -0.3 is 0 Å². The van der Waals surface area contributed by atoms with Crippen molar-refractivity contribution in [3.05, 3.63) is 29.6 Å². The van der Waals surface area contributed by atoms with Crippen LogP contribution in [0.5, 0.6) is 0 Å². The van der Waals surface area contributed by atoms with E-state index < -0.39 is 0 Å². The molecule has 1 heterocycles. The fraction of sp³-hybridized carbons (Fsp3) is 0.462. The number of aromatic nitrogens is 1. The van der Waals surface area contributed by atoms with Gasteiger partial charge in [-0.05, 0) is 0 Å². The number of rotatable bonds is 5. The molecule has 0 aromatic carbocycles. The van der Waals surface area contributed by atoms with Gasteiger partial charge in [-0.2, -0.15) is 0 Å². The molecule has 1 rings (SSSR count). The monoisotopic (exact) mass is 261 g/mol. The van der Waals surface area contributed by atoms with E-state index in [-0.39, 0.29) is 5.92 Å². The Morgan fingerprint density at radius 2 is 2.06 bits per heavy atom. The molecular formula is C13H19N2Ni. The second-order valence-electron chi connectivity index (χ2n) is 4.48. The molecular weight excluding hydrogens is 243 g/mol. The molecule has 0 amide bonds. The first-order valence-electron chi connectivity index (χ1n) is 5.51. The summed E-state index contributed by atoms with van der Waals surface area (Å²) in [5.74, 6) is 0.782. The number of hydrogen-bond acceptors (Lipinski definition) is 1. The molecule has 1 atom stereocenters. The Bertz CT molecular complexity index is 391. The molecule has 1 unspecified atom stereocenters. The number of hydrogen-bond donors (Lipinski definition) is 2. The van der Waals surface area contributed by atoms with Gasteiger partial charge in [0.05, 0.1) is 0 Å². The normalized spacial score (nSPS) is 12.9. The van der Waals surface area contributed by atoms with Crippen LogP contribution in [-0.4, -0.2) is 11.2 Å². The van der Waals surface area contributed by atoms with Crippen LogP contribution in [0.25, 0.3) is 0 Å². The Hall–Kier alpha value is -0.816. The summed E-state index contributed by atoms with van der Waals surface area (Å²) in [5, 5.41) is 7.45. The second kappa shape index (κ2) is 5.49. The molecule has 1 aromatic rings. The van der Waals surface area contributed by atoms with E-state index in [2.05, 4.69) is 32.3 Å². The van der Waals surface area contributed by atoms with Gasteiger partial charge in [-0.25, -0.2) is 0 Å². The third-order valence-electron chi connectivity index (χ3n) is 2.61. The van der Waals surface area contributed by atoms with E-state index in [9.17, 15) is 0 Å². The molecule has 2 N–H and O–H groups in total. The Kier molecular flexibility index (Phi) is 4.55. The van der Waals surface area contributed by atoms with Crippen molar-refractivity contribution in [3.63, 3.8) is 0 Å². The first-order valence-corrected chi connectivity index (χ1v) is 6.00. The van der Waals surface area contributed by atoms with E-state index in [1.54, 1.807) is 0 Å². The summed E-state index contributed by atoms with van der Waals surface area (Å²) >= 11 is 5.05. The van der Waals surface area contributed by atoms with Gasteiger partial charge in [-0.3, -0.25) is 0 Å². The van der Waals surface area contributed by atoms with Crippen LogP contribution in [0.15, 0.2) is 12.7 Å². The topological polar surface area (TPSA) is 39.6 Å². The zero-order valence-corrected chi connectivity index (χ0v) is 11.0. The van der Waals surface area contributed by atoms with E-state index in [0.29, 0.717) is 5.92 Å². The van der Waals surface area contributed by atoms with Gasteiger partial charge in [0, 0.05) is 0 Å². The Labute approximate surface area is 105 Å². The van der Waals surface area contributed by atoms with Crippen molar-refractivity contribution in [2.75, 3.05) is 0 Å². The van der Waals surface area contributed by atoms with Crippen LogP contribution in [0.3, 0.4) is 0 Å². The minimum absolute atomic E-state index is 0.214. The van der Waals surface area contributed by atoms with Crippen molar-refractivity contribution in [1.82, 2.24) is 4.98 Å². The fourth-order valence-electron chi connectivity index (χ4n) is 1.71. The zero-order chi connectivity index (χ0) is 12.3. The van der Waals surface area contributed by atoms with Gasteiger partial charge in [0.1, 0.15) is 0 Å². The molecule has 0 radical (unpaired) electrons. The van der Waals surface area contributed by atoms with Crippen LogP contribution < -0.4 is 4.53 Å². The average Bonchev–Trinajstić information content (AvgIpc) is 2.54. The summed E-state index contributed by atoms with van der Waals surface area (Å²) in [5.41, 5.74) is 2.99. The van der Waals surface area contributed by atoms with Gasteiger partial charge in [0.15, 0.2) is 0 Å². The summed E-state index contributed by atoms with van der Waals surface area (Å²) < 4.78 is 0.840. The molecule has 91 valence electrons. The van der Waals surface area contributed by atoms with E-state index in [1.165, 1.54) is 6.21 Å². The molecule has 2 nitrogen and oxygen atoms in total. The maximum atomic E-state index is 7.45. The van der Waals surface area contributed by atoms with Crippen LogP contribution in [0.1, 0.15) is 43.6 Å². The molecule has 0 saturated carbocycles. The van der Waals surface area contributed by atoms with Gasteiger partial charge in [0.2, 0.25) is 0 Å². The van der Waals surface area contributed by atoms with Crippen molar-refractivity contribution in [3.8, 4) is 0 Å². The van der Waals surface area contributed by atoms with Crippen LogP contribution in [0, 0.1) is 11.3 Å². The predicted molar refractivity (Wildman–Crippen MR) is 65.5 cm³/mol. The molecule has 0 aliphatic rings. The van der Waals surface area contributed by atoms with E-state index in [1.807, 2.05) is 6.08 Å². The van der Waals surface area contributed by atoms with Crippen molar-refractivity contribution >= 4 is 10.7 Å². The molecule has 0 aliphatic heterocycles. The molecule has 0 bridgehead atoms. The van der Waals surface area contributed by atoms with Crippen molar-refractivity contribution in [2.45, 2.75) is 33.1 Å². The SMILES string of the molecule is C=CC(C)c1[nH]c(CC(C)C)[c]([Ni])c1C=N. The summed E-state index contributed by atoms with van der Waals surface area (Å²) in [6.07, 6.45) is 4.17. The van der Waals surface area contributed by atoms with Gasteiger partial charge >= 0.3 is 105 Å². The van der Waals surface area contributed by atoms with Crippen LogP contribution >= 0.6 is 0 Å². The average molecular weight is 262 g/mol. The molecule has 1 aromatic heterocycles. The number of allylic oxidation sites excluding steroid dienone is 1. The Morgan fingerprint density at radius 1 is 1.44 bits per heavy atom. The fourth-order valence-corrected chi connectivity index (χ4v) is 2.08. The summed E-state index contributed by atoms with van der Waals surface area (Å²) in [7, 11) is 0. The summed E-state index contributed by atoms with van der Waals surface area (Å²) in [6, 6.07) is 0. The number of nitrogens with one attached hydrogen (secondary N) is 2. The molecule has 0 aliphatic carbocycles. The van der Waals surface area contributed by atoms with Gasteiger partial charge in [-0.15, -0.1) is 0 Å². The first kappa shape index (κ1) is 13.2. The predicted octanol–water partition coefficient (Wildman–Crippen LogP) is 2.67. The van der Waals surface area contributed by atoms with E-state index >= 15 is 0 Å². The third-order valence-corrected chi connectivity index (χ3v) is 3.17. The summed E-state index contributed by atoms with van der Waals surface area (Å²) in [6.45, 7) is 10.2. The number of aromatic amines is 1. The minimum atomic E-state index is 0.214. The van der Waals surface area contributed by atoms with Crippen LogP contribution in [0.4, 0.5) is 0 Å². The molecule has 3 heteroatoms. The Balaban J connectivity index is 3.19. The van der Waals surface area contributed by atoms with Gasteiger partial charge in [0.25, 0.3) is 0 Å².